The Morgan fingerprint density at radius 2 is 1.75 bits per heavy atom. The first-order chi connectivity index (χ1) is 15.5. The molecule has 0 bridgehead atoms. The molecule has 3 amide bonds. The molecule has 0 aromatic heterocycles. The van der Waals surface area contributed by atoms with E-state index in [0.717, 1.165) is 22.9 Å². The molecule has 7 heteroatoms. The molecular weight excluding hydrogens is 424 g/mol. The van der Waals surface area contributed by atoms with E-state index in [9.17, 15) is 14.4 Å². The number of amides is 3. The number of hydrogen-bond donors (Lipinski definition) is 1. The van der Waals surface area contributed by atoms with Crippen molar-refractivity contribution in [3.8, 4) is 5.75 Å². The van der Waals surface area contributed by atoms with E-state index in [2.05, 4.69) is 5.32 Å². The zero-order chi connectivity index (χ0) is 22.5. The molecule has 0 unspecified atom stereocenters. The minimum absolute atomic E-state index is 0.140. The number of carbonyl (C=O) groups excluding carboxylic acids is 3. The maximum absolute atomic E-state index is 12.8. The van der Waals surface area contributed by atoms with Gasteiger partial charge in [0.05, 0.1) is 18.6 Å². The Morgan fingerprint density at radius 1 is 1.00 bits per heavy atom. The van der Waals surface area contributed by atoms with Crippen molar-refractivity contribution >= 4 is 40.6 Å². The van der Waals surface area contributed by atoms with Gasteiger partial charge in [0.15, 0.2) is 0 Å². The Hall–Kier alpha value is -3.84. The van der Waals surface area contributed by atoms with Crippen LogP contribution in [0.4, 0.5) is 10.5 Å². The van der Waals surface area contributed by atoms with Crippen LogP contribution in [-0.4, -0.2) is 29.1 Å². The summed E-state index contributed by atoms with van der Waals surface area (Å²) in [5, 5.41) is 2.50. The lowest BCUT2D eigenvalue weighted by Gasteiger charge is -2.13. The van der Waals surface area contributed by atoms with E-state index in [-0.39, 0.29) is 23.6 Å². The van der Waals surface area contributed by atoms with Gasteiger partial charge in [-0.2, -0.15) is 0 Å². The molecule has 0 aliphatic carbocycles. The number of benzene rings is 3. The van der Waals surface area contributed by atoms with E-state index in [0.29, 0.717) is 21.9 Å². The van der Waals surface area contributed by atoms with Gasteiger partial charge in [0.1, 0.15) is 5.75 Å². The third-order valence-corrected chi connectivity index (χ3v) is 5.76. The normalized spacial score (nSPS) is 14.7. The van der Waals surface area contributed by atoms with Crippen LogP contribution < -0.4 is 10.1 Å². The van der Waals surface area contributed by atoms with Gasteiger partial charge in [0.2, 0.25) is 0 Å². The topological polar surface area (TPSA) is 75.7 Å². The Morgan fingerprint density at radius 3 is 2.47 bits per heavy atom. The average Bonchev–Trinajstić information content (AvgIpc) is 3.07. The molecule has 0 spiro atoms. The predicted molar refractivity (Wildman–Crippen MR) is 125 cm³/mol. The quantitative estimate of drug-likeness (QED) is 0.530. The van der Waals surface area contributed by atoms with E-state index in [1.165, 1.54) is 4.90 Å². The first-order valence-electron chi connectivity index (χ1n) is 9.88. The van der Waals surface area contributed by atoms with Crippen molar-refractivity contribution in [2.75, 3.05) is 12.4 Å². The summed E-state index contributed by atoms with van der Waals surface area (Å²) in [5.41, 5.74) is 2.74. The molecule has 32 heavy (non-hydrogen) atoms. The van der Waals surface area contributed by atoms with Crippen LogP contribution in [0.3, 0.4) is 0 Å². The molecule has 1 aliphatic heterocycles. The monoisotopic (exact) mass is 444 g/mol. The molecule has 0 atom stereocenters. The summed E-state index contributed by atoms with van der Waals surface area (Å²) < 4.78 is 5.20. The van der Waals surface area contributed by atoms with Gasteiger partial charge in [-0.3, -0.25) is 19.3 Å². The van der Waals surface area contributed by atoms with E-state index >= 15 is 0 Å². The van der Waals surface area contributed by atoms with Gasteiger partial charge < -0.3 is 10.1 Å². The van der Waals surface area contributed by atoms with Gasteiger partial charge in [-0.05, 0) is 65.4 Å². The number of para-hydroxylation sites is 1. The van der Waals surface area contributed by atoms with Crippen LogP contribution in [0.1, 0.15) is 21.5 Å². The largest absolute Gasteiger partial charge is 0.497 e. The summed E-state index contributed by atoms with van der Waals surface area (Å²) in [5.74, 6) is 0.109. The second-order valence-corrected chi connectivity index (χ2v) is 8.05. The highest BCUT2D eigenvalue weighted by molar-refractivity contribution is 8.18. The first kappa shape index (κ1) is 21.4. The summed E-state index contributed by atoms with van der Waals surface area (Å²) in [7, 11) is 1.57. The van der Waals surface area contributed by atoms with Crippen molar-refractivity contribution in [1.82, 2.24) is 4.90 Å². The number of rotatable bonds is 6. The Bertz CT molecular complexity index is 1190. The van der Waals surface area contributed by atoms with Crippen LogP contribution in [0.25, 0.3) is 6.08 Å². The molecule has 3 aromatic rings. The lowest BCUT2D eigenvalue weighted by molar-refractivity contribution is -0.123. The van der Waals surface area contributed by atoms with Gasteiger partial charge in [-0.1, -0.05) is 42.5 Å². The number of hydrogen-bond acceptors (Lipinski definition) is 5. The van der Waals surface area contributed by atoms with Gasteiger partial charge in [-0.25, -0.2) is 0 Å². The van der Waals surface area contributed by atoms with E-state index in [1.807, 2.05) is 48.5 Å². The highest BCUT2D eigenvalue weighted by Crippen LogP contribution is 2.33. The second kappa shape index (κ2) is 9.53. The second-order valence-electron chi connectivity index (χ2n) is 7.06. The standard InChI is InChI=1S/C25H20N2O4S/c1-31-21-9-5-6-18(14-21)15-22-24(29)27(25(30)32-22)16-17-10-12-19(13-11-17)23(28)26-20-7-3-2-4-8-20/h2-15H,16H2,1H3,(H,26,28)/b22-15-. The van der Waals surface area contributed by atoms with Crippen molar-refractivity contribution in [2.24, 2.45) is 0 Å². The maximum Gasteiger partial charge on any atom is 0.293 e. The van der Waals surface area contributed by atoms with Crippen LogP contribution in [0, 0.1) is 0 Å². The van der Waals surface area contributed by atoms with Crippen LogP contribution >= 0.6 is 11.8 Å². The van der Waals surface area contributed by atoms with Crippen LogP contribution in [0.2, 0.25) is 0 Å². The van der Waals surface area contributed by atoms with Crippen molar-refractivity contribution in [3.63, 3.8) is 0 Å². The number of carbonyl (C=O) groups is 3. The van der Waals surface area contributed by atoms with Crippen LogP contribution in [0.15, 0.2) is 83.8 Å². The Balaban J connectivity index is 1.43. The highest BCUT2D eigenvalue weighted by atomic mass is 32.2. The van der Waals surface area contributed by atoms with Crippen LogP contribution in [-0.2, 0) is 11.3 Å². The van der Waals surface area contributed by atoms with Gasteiger partial charge >= 0.3 is 0 Å². The summed E-state index contributed by atoms with van der Waals surface area (Å²) in [6.45, 7) is 0.140. The fraction of sp³-hybridized carbons (Fsp3) is 0.0800. The number of anilines is 1. The Kier molecular flexibility index (Phi) is 6.37. The minimum Gasteiger partial charge on any atom is -0.497 e. The summed E-state index contributed by atoms with van der Waals surface area (Å²) >= 11 is 0.912. The molecule has 1 N–H and O–H groups in total. The number of methoxy groups -OCH3 is 1. The lowest BCUT2D eigenvalue weighted by atomic mass is 10.1. The van der Waals surface area contributed by atoms with Crippen LogP contribution in [0.5, 0.6) is 5.75 Å². The lowest BCUT2D eigenvalue weighted by Crippen LogP contribution is -2.27. The third kappa shape index (κ3) is 4.90. The third-order valence-electron chi connectivity index (χ3n) is 4.85. The first-order valence-corrected chi connectivity index (χ1v) is 10.7. The molecular formula is C25H20N2O4S. The Labute approximate surface area is 189 Å². The molecule has 1 saturated heterocycles. The van der Waals surface area contributed by atoms with Crippen molar-refractivity contribution in [3.05, 3.63) is 100 Å². The summed E-state index contributed by atoms with van der Waals surface area (Å²) in [4.78, 5) is 39.2. The number of ether oxygens (including phenoxy) is 1. The molecule has 160 valence electrons. The summed E-state index contributed by atoms with van der Waals surface area (Å²) in [6, 6.07) is 23.3. The van der Waals surface area contributed by atoms with Crippen molar-refractivity contribution in [1.29, 1.82) is 0 Å². The maximum atomic E-state index is 12.8. The van der Waals surface area contributed by atoms with Crippen molar-refractivity contribution in [2.45, 2.75) is 6.54 Å². The molecule has 4 rings (SSSR count). The van der Waals surface area contributed by atoms with E-state index < -0.39 is 0 Å². The molecule has 3 aromatic carbocycles. The van der Waals surface area contributed by atoms with Gasteiger partial charge in [-0.15, -0.1) is 0 Å². The number of imide groups is 1. The molecule has 1 fully saturated rings. The van der Waals surface area contributed by atoms with Gasteiger partial charge in [0, 0.05) is 11.3 Å². The average molecular weight is 445 g/mol. The number of nitrogens with zero attached hydrogens (tertiary/aromatic N) is 1. The zero-order valence-corrected chi connectivity index (χ0v) is 18.1. The number of thioether (sulfide) groups is 1. The smallest absolute Gasteiger partial charge is 0.293 e. The zero-order valence-electron chi connectivity index (χ0n) is 17.3. The predicted octanol–water partition coefficient (Wildman–Crippen LogP) is 5.18. The molecule has 0 radical (unpaired) electrons. The fourth-order valence-corrected chi connectivity index (χ4v) is 4.03. The van der Waals surface area contributed by atoms with E-state index in [1.54, 1.807) is 43.5 Å². The molecule has 1 aliphatic rings. The van der Waals surface area contributed by atoms with Gasteiger partial charge in [0.25, 0.3) is 17.1 Å². The highest BCUT2D eigenvalue weighted by Gasteiger charge is 2.35. The molecule has 6 nitrogen and oxygen atoms in total. The minimum atomic E-state index is -0.339. The molecule has 0 saturated carbocycles. The number of nitrogens with one attached hydrogen (secondary N) is 1. The summed E-state index contributed by atoms with van der Waals surface area (Å²) in [6.07, 6.45) is 1.68. The molecule has 1 heterocycles. The fourth-order valence-electron chi connectivity index (χ4n) is 3.19. The SMILES string of the molecule is COc1cccc(/C=C2\SC(=O)N(Cc3ccc(C(=O)Nc4ccccc4)cc3)C2=O)c1. The van der Waals surface area contributed by atoms with E-state index in [4.69, 9.17) is 4.74 Å². The van der Waals surface area contributed by atoms with Crippen molar-refractivity contribution < 1.29 is 19.1 Å².